The first-order valence-electron chi connectivity index (χ1n) is 35.2. The van der Waals surface area contributed by atoms with Gasteiger partial charge in [0, 0.05) is 131 Å². The molecular weight excluding hydrogens is 1100 g/mol. The van der Waals surface area contributed by atoms with Crippen LogP contribution in [0.4, 0.5) is 0 Å². The maximum absolute atomic E-state index is 4.02. The summed E-state index contributed by atoms with van der Waals surface area (Å²) in [7, 11) is 19.8. The number of aromatic nitrogens is 3. The van der Waals surface area contributed by atoms with Gasteiger partial charge in [0.25, 0.3) is 0 Å². The molecule has 11 heteroatoms. The van der Waals surface area contributed by atoms with E-state index in [1.165, 1.54) is 160 Å². The molecule has 2 aromatic carbocycles. The van der Waals surface area contributed by atoms with Gasteiger partial charge in [0.1, 0.15) is 0 Å². The minimum Gasteiger partial charge on any atom is -0.357 e. The van der Waals surface area contributed by atoms with E-state index < -0.39 is 0 Å². The van der Waals surface area contributed by atoms with Crippen molar-refractivity contribution >= 4 is 27.3 Å². The van der Waals surface area contributed by atoms with E-state index in [9.17, 15) is 0 Å². The number of likely N-dealkylation sites (N-methyl/N-ethyl adjacent to an activating group) is 2. The summed E-state index contributed by atoms with van der Waals surface area (Å²) >= 11 is 0. The average Bonchev–Trinajstić information content (AvgIpc) is 1.99. The molecule has 6 aliphatic heterocycles. The van der Waals surface area contributed by atoms with Crippen LogP contribution in [-0.2, 0) is 47.0 Å². The van der Waals surface area contributed by atoms with Gasteiger partial charge in [-0.25, -0.2) is 0 Å². The number of rotatable bonds is 2. The first-order valence-corrected chi connectivity index (χ1v) is 36.9. The van der Waals surface area contributed by atoms with Gasteiger partial charge in [-0.2, -0.15) is 10.5 Å². The number of piperazine rings is 1. The molecule has 0 radical (unpaired) electrons. The molecule has 7 unspecified atom stereocenters. The fraction of sp³-hybridized carbons (Fsp3) is 0.701. The van der Waals surface area contributed by atoms with Crippen LogP contribution in [0.5, 0.6) is 0 Å². The first-order chi connectivity index (χ1) is 42.0. The summed E-state index contributed by atoms with van der Waals surface area (Å²) in [5, 5.41) is 4.67. The Morgan fingerprint density at radius 3 is 1.44 bits per heavy atom. The lowest BCUT2D eigenvalue weighted by Crippen LogP contribution is -2.47. The third-order valence-corrected chi connectivity index (χ3v) is 20.3. The minimum absolute atomic E-state index is 0.443. The lowest BCUT2D eigenvalue weighted by molar-refractivity contribution is 0.200. The number of nitrogens with zero attached hydrogens (tertiary/aromatic N) is 9. The minimum atomic E-state index is 0.443. The molecule has 3 aromatic heterocycles. The lowest BCUT2D eigenvalue weighted by Gasteiger charge is -2.31. The van der Waals surface area contributed by atoms with Crippen LogP contribution in [0.1, 0.15) is 189 Å². The third kappa shape index (κ3) is 34.2. The molecule has 9 heterocycles. The SMILES string of the molecule is C=S1CC(C)N(C)C1.CC.CC.CC1CCCC1.CC1CCCCN1C.CC1CCCN(C)C1.CC1CCCN1C.CC1CNCCN1C.CC1Cc2ccccc2CN1C.CCc1cc2ccccc2n1C.CCc1cccn1C.Cc1ccn(C)c1. The molecule has 6 fully saturated rings. The monoisotopic (exact) mass is 1240 g/mol. The zero-order chi connectivity index (χ0) is 66.1. The molecule has 5 aromatic rings. The van der Waals surface area contributed by atoms with Crippen LogP contribution in [0.25, 0.3) is 10.9 Å². The zero-order valence-electron chi connectivity index (χ0n) is 61.8. The van der Waals surface area contributed by atoms with Crippen molar-refractivity contribution in [3.8, 4) is 0 Å². The second-order valence-electron chi connectivity index (χ2n) is 26.4. The summed E-state index contributed by atoms with van der Waals surface area (Å²) in [6, 6.07) is 29.7. The van der Waals surface area contributed by atoms with Crippen LogP contribution < -0.4 is 5.32 Å². The molecule has 12 rings (SSSR count). The normalized spacial score (nSPS) is 23.6. The van der Waals surface area contributed by atoms with E-state index >= 15 is 0 Å². The molecule has 1 N–H and O–H groups in total. The summed E-state index contributed by atoms with van der Waals surface area (Å²) in [5.41, 5.74) is 8.47. The molecular formula is C77H142N10S. The van der Waals surface area contributed by atoms with Crippen molar-refractivity contribution in [2.24, 2.45) is 33.0 Å². The van der Waals surface area contributed by atoms with Crippen LogP contribution in [0.3, 0.4) is 0 Å². The highest BCUT2D eigenvalue weighted by molar-refractivity contribution is 8.14. The predicted molar refractivity (Wildman–Crippen MR) is 398 cm³/mol. The van der Waals surface area contributed by atoms with Crippen molar-refractivity contribution in [3.05, 3.63) is 119 Å². The highest BCUT2D eigenvalue weighted by Gasteiger charge is 2.20. The highest BCUT2D eigenvalue weighted by atomic mass is 32.2. The summed E-state index contributed by atoms with van der Waals surface area (Å²) < 4.78 is 6.44. The largest absolute Gasteiger partial charge is 0.357 e. The number of fused-ring (bicyclic) bond motifs is 2. The van der Waals surface area contributed by atoms with Crippen molar-refractivity contribution in [2.45, 2.75) is 224 Å². The van der Waals surface area contributed by atoms with Crippen LogP contribution in [-0.4, -0.2) is 179 Å². The van der Waals surface area contributed by atoms with E-state index in [-0.39, 0.29) is 0 Å². The molecule has 0 amide bonds. The van der Waals surface area contributed by atoms with Gasteiger partial charge in [-0.15, -0.1) is 0 Å². The molecule has 7 atom stereocenters. The van der Waals surface area contributed by atoms with Gasteiger partial charge in [-0.1, -0.05) is 136 Å². The standard InChI is InChI=1S/C11H15N.C11H13N.2C7H15N.C7H11N.C6H14N2.C6H13NS.C6H9N.C6H13N.C6H12.2C2H6/c1-9-7-10-5-3-4-6-11(10)8-12(9)2;1-3-10-8-9-6-4-5-7-11(9)12(10)2;1-7-4-3-5-8(2)6-7;1-7-5-3-4-6-8(7)2;1-3-7-5-4-6-8(7)2;1-6-5-7-3-4-8(6)2;1-6-4-8(3)5-7(6)2;1-6-3-4-7(2)5-6;1-6-4-3-5-7(6)2;1-6-4-2-3-5-6;2*1-2/h3-6,9H,7-8H2,1-2H3;4-8H,3H2,1-2H3;2*7H,3-6H2,1-2H3;4-6H,3H2,1-2H3;6-7H,3-5H2,1-2H3;6H,3-5H2,1-2H3;3-5H,1-2H3;6H,3-5H2,1-2H3;6H,2-5H2,1H3;2*1-2H3. The number of hydrogen-bond acceptors (Lipinski definition) is 7. The van der Waals surface area contributed by atoms with Crippen LogP contribution in [0, 0.1) is 18.8 Å². The number of likely N-dealkylation sites (tertiary alicyclic amines) is 3. The summed E-state index contributed by atoms with van der Waals surface area (Å²) in [4.78, 5) is 14.4. The van der Waals surface area contributed by atoms with Crippen molar-refractivity contribution in [2.75, 3.05) is 99.7 Å². The third-order valence-electron chi connectivity index (χ3n) is 18.6. The summed E-state index contributed by atoms with van der Waals surface area (Å²) in [5.74, 6) is 8.52. The maximum atomic E-state index is 4.02. The number of nitrogens with one attached hydrogen (secondary N) is 1. The van der Waals surface area contributed by atoms with Gasteiger partial charge in [0.2, 0.25) is 0 Å². The van der Waals surface area contributed by atoms with Crippen molar-refractivity contribution in [1.29, 1.82) is 0 Å². The Morgan fingerprint density at radius 2 is 1.08 bits per heavy atom. The van der Waals surface area contributed by atoms with Gasteiger partial charge in [0.05, 0.1) is 0 Å². The number of piperidine rings is 2. The van der Waals surface area contributed by atoms with E-state index in [0.29, 0.717) is 16.5 Å². The van der Waals surface area contributed by atoms with E-state index in [1.54, 1.807) is 0 Å². The molecule has 1 saturated carbocycles. The van der Waals surface area contributed by atoms with E-state index in [2.05, 4.69) is 261 Å². The van der Waals surface area contributed by atoms with E-state index in [0.717, 1.165) is 68.5 Å². The van der Waals surface area contributed by atoms with Gasteiger partial charge in [-0.3, -0.25) is 9.80 Å². The lowest BCUT2D eigenvalue weighted by atomic mass is 9.96. The van der Waals surface area contributed by atoms with E-state index in [4.69, 9.17) is 0 Å². The second kappa shape index (κ2) is 48.3. The Hall–Kier alpha value is -3.52. The van der Waals surface area contributed by atoms with Crippen LogP contribution in [0.15, 0.2) is 91.4 Å². The molecule has 88 heavy (non-hydrogen) atoms. The molecule has 7 aliphatic rings. The van der Waals surface area contributed by atoms with Gasteiger partial charge < -0.3 is 38.6 Å². The van der Waals surface area contributed by atoms with Gasteiger partial charge in [0.15, 0.2) is 0 Å². The quantitative estimate of drug-likeness (QED) is 0.177. The van der Waals surface area contributed by atoms with Gasteiger partial charge in [-0.05, 0) is 225 Å². The van der Waals surface area contributed by atoms with Crippen LogP contribution in [0.2, 0.25) is 0 Å². The van der Waals surface area contributed by atoms with Crippen molar-refractivity contribution in [3.63, 3.8) is 0 Å². The average molecular weight is 1240 g/mol. The molecule has 10 nitrogen and oxygen atoms in total. The highest BCUT2D eigenvalue weighted by Crippen LogP contribution is 2.25. The van der Waals surface area contributed by atoms with Crippen LogP contribution >= 0.6 is 10.5 Å². The Kier molecular flexibility index (Phi) is 45.2. The molecule has 5 saturated heterocycles. The molecule has 0 bridgehead atoms. The van der Waals surface area contributed by atoms with E-state index in [1.807, 2.05) is 45.5 Å². The topological polar surface area (TPSA) is 46.3 Å². The number of benzene rings is 2. The maximum Gasteiger partial charge on any atom is 0.0479 e. The van der Waals surface area contributed by atoms with Crippen molar-refractivity contribution < 1.29 is 0 Å². The Balaban J connectivity index is 0.000000489. The Morgan fingerprint density at radius 1 is 0.523 bits per heavy atom. The predicted octanol–water partition coefficient (Wildman–Crippen LogP) is 16.8. The number of para-hydroxylation sites is 1. The summed E-state index contributed by atoms with van der Waals surface area (Å²) in [6.45, 7) is 40.3. The van der Waals surface area contributed by atoms with Crippen molar-refractivity contribution in [1.82, 2.24) is 48.4 Å². The first kappa shape index (κ1) is 82.5. The molecule has 1 aliphatic carbocycles. The smallest absolute Gasteiger partial charge is 0.0479 e. The molecule has 0 spiro atoms. The molecule has 506 valence electrons. The number of aryl methyl sites for hydroxylation is 6. The Labute approximate surface area is 548 Å². The van der Waals surface area contributed by atoms with Gasteiger partial charge >= 0.3 is 0 Å². The Bertz CT molecular complexity index is 2350. The second-order valence-corrected chi connectivity index (χ2v) is 28.2. The number of hydrogen-bond donors (Lipinski definition) is 1. The summed E-state index contributed by atoms with van der Waals surface area (Å²) in [6.07, 6.45) is 25.4. The zero-order valence-corrected chi connectivity index (χ0v) is 62.6. The fourth-order valence-electron chi connectivity index (χ4n) is 11.8. The fourth-order valence-corrected chi connectivity index (χ4v) is 13.6.